The van der Waals surface area contributed by atoms with Crippen LogP contribution < -0.4 is 5.32 Å². The van der Waals surface area contributed by atoms with Gasteiger partial charge in [-0.25, -0.2) is 4.39 Å². The minimum atomic E-state index is -0.796. The van der Waals surface area contributed by atoms with Crippen molar-refractivity contribution < 1.29 is 14.3 Å². The van der Waals surface area contributed by atoms with Gasteiger partial charge in [0.15, 0.2) is 0 Å². The number of aliphatic hydroxyl groups is 1. The fourth-order valence-electron chi connectivity index (χ4n) is 2.64. The van der Waals surface area contributed by atoms with E-state index in [0.29, 0.717) is 17.5 Å². The molecular weight excluding hydrogens is 269 g/mol. The second-order valence-electron chi connectivity index (χ2n) is 5.38. The number of carbonyl (C=O) groups excluding carboxylic acids is 1. The van der Waals surface area contributed by atoms with Gasteiger partial charge in [-0.3, -0.25) is 4.79 Å². The third kappa shape index (κ3) is 2.54. The van der Waals surface area contributed by atoms with Crippen molar-refractivity contribution in [2.75, 3.05) is 5.32 Å². The van der Waals surface area contributed by atoms with Crippen molar-refractivity contribution in [2.24, 2.45) is 0 Å². The minimum absolute atomic E-state index is 0.210. The summed E-state index contributed by atoms with van der Waals surface area (Å²) in [5, 5.41) is 12.8. The molecule has 0 saturated carbocycles. The molecule has 1 heterocycles. The van der Waals surface area contributed by atoms with Gasteiger partial charge < -0.3 is 10.4 Å². The molecule has 0 radical (unpaired) electrons. The van der Waals surface area contributed by atoms with E-state index in [4.69, 9.17) is 0 Å². The molecule has 21 heavy (non-hydrogen) atoms. The Kier molecular flexibility index (Phi) is 3.47. The molecule has 0 saturated heterocycles. The molecule has 108 valence electrons. The molecule has 0 fully saturated rings. The van der Waals surface area contributed by atoms with Gasteiger partial charge in [-0.15, -0.1) is 0 Å². The third-order valence-electron chi connectivity index (χ3n) is 3.91. The maximum Gasteiger partial charge on any atom is 0.231 e. The number of rotatable bonds is 3. The monoisotopic (exact) mass is 285 g/mol. The molecule has 2 aromatic carbocycles. The van der Waals surface area contributed by atoms with Crippen molar-refractivity contribution in [3.05, 3.63) is 65.0 Å². The molecule has 0 aromatic heterocycles. The maximum absolute atomic E-state index is 14.1. The van der Waals surface area contributed by atoms with Crippen LogP contribution in [0.1, 0.15) is 35.6 Å². The number of hydrogen-bond acceptors (Lipinski definition) is 2. The van der Waals surface area contributed by atoms with Gasteiger partial charge in [0.25, 0.3) is 0 Å². The Morgan fingerprint density at radius 1 is 1.29 bits per heavy atom. The van der Waals surface area contributed by atoms with Gasteiger partial charge in [0.2, 0.25) is 5.91 Å². The number of fused-ring (bicyclic) bond motifs is 1. The summed E-state index contributed by atoms with van der Waals surface area (Å²) in [4.78, 5) is 11.6. The quantitative estimate of drug-likeness (QED) is 0.910. The predicted molar refractivity (Wildman–Crippen MR) is 78.6 cm³/mol. The summed E-state index contributed by atoms with van der Waals surface area (Å²) in [5.74, 6) is -1.09. The number of halogens is 1. The number of carbonyl (C=O) groups is 1. The number of nitrogens with one attached hydrogen (secondary N) is 1. The fourth-order valence-corrected chi connectivity index (χ4v) is 2.64. The Bertz CT molecular complexity index is 685. The van der Waals surface area contributed by atoms with Crippen molar-refractivity contribution >= 4 is 11.6 Å². The van der Waals surface area contributed by atoms with Crippen molar-refractivity contribution in [3.8, 4) is 0 Å². The second kappa shape index (κ2) is 5.30. The Labute approximate surface area is 122 Å². The summed E-state index contributed by atoms with van der Waals surface area (Å²) < 4.78 is 14.1. The summed E-state index contributed by atoms with van der Waals surface area (Å²) in [6.07, 6.45) is -0.385. The van der Waals surface area contributed by atoms with E-state index in [9.17, 15) is 14.3 Å². The molecule has 2 N–H and O–H groups in total. The zero-order chi connectivity index (χ0) is 15.0. The normalized spacial score (nSPS) is 18.2. The van der Waals surface area contributed by atoms with Crippen molar-refractivity contribution in [3.63, 3.8) is 0 Å². The minimum Gasteiger partial charge on any atom is -0.388 e. The lowest BCUT2D eigenvalue weighted by atomic mass is 9.95. The van der Waals surface area contributed by atoms with Crippen molar-refractivity contribution in [2.45, 2.75) is 25.4 Å². The zero-order valence-electron chi connectivity index (χ0n) is 11.6. The van der Waals surface area contributed by atoms with E-state index in [1.807, 2.05) is 30.3 Å². The molecule has 0 bridgehead atoms. The highest BCUT2D eigenvalue weighted by Crippen LogP contribution is 2.36. The lowest BCUT2D eigenvalue weighted by Gasteiger charge is -2.14. The number of hydrogen-bond donors (Lipinski definition) is 2. The third-order valence-corrected chi connectivity index (χ3v) is 3.91. The summed E-state index contributed by atoms with van der Waals surface area (Å²) in [5.41, 5.74) is 2.33. The van der Waals surface area contributed by atoms with E-state index < -0.39 is 17.8 Å². The van der Waals surface area contributed by atoms with Crippen LogP contribution in [0.2, 0.25) is 0 Å². The first-order valence-electron chi connectivity index (χ1n) is 6.92. The zero-order valence-corrected chi connectivity index (χ0v) is 11.6. The van der Waals surface area contributed by atoms with Crippen LogP contribution in [-0.4, -0.2) is 11.0 Å². The largest absolute Gasteiger partial charge is 0.388 e. The molecule has 0 aliphatic carbocycles. The summed E-state index contributed by atoms with van der Waals surface area (Å²) in [6.45, 7) is 1.73. The SMILES string of the molecule is CC1C(=O)Nc2c(F)cc(C(O)Cc3ccccc3)cc21. The van der Waals surface area contributed by atoms with Crippen LogP contribution in [-0.2, 0) is 11.2 Å². The topological polar surface area (TPSA) is 49.3 Å². The molecule has 1 amide bonds. The first-order valence-corrected chi connectivity index (χ1v) is 6.92. The first-order chi connectivity index (χ1) is 10.1. The first kappa shape index (κ1) is 13.8. The molecular formula is C17H16FNO2. The van der Waals surface area contributed by atoms with Gasteiger partial charge in [-0.05, 0) is 29.7 Å². The van der Waals surface area contributed by atoms with Crippen LogP contribution in [0.4, 0.5) is 10.1 Å². The predicted octanol–water partition coefficient (Wildman–Crippen LogP) is 3.16. The lowest BCUT2D eigenvalue weighted by molar-refractivity contribution is -0.116. The second-order valence-corrected chi connectivity index (χ2v) is 5.38. The molecule has 0 spiro atoms. The van der Waals surface area contributed by atoms with Crippen LogP contribution >= 0.6 is 0 Å². The van der Waals surface area contributed by atoms with Crippen LogP contribution in [0, 0.1) is 5.82 Å². The molecule has 1 aliphatic heterocycles. The van der Waals surface area contributed by atoms with Gasteiger partial charge in [-0.1, -0.05) is 36.4 Å². The number of benzene rings is 2. The number of amides is 1. The molecule has 2 atom stereocenters. The molecule has 3 nitrogen and oxygen atoms in total. The summed E-state index contributed by atoms with van der Waals surface area (Å²) in [6, 6.07) is 12.6. The van der Waals surface area contributed by atoms with E-state index in [0.717, 1.165) is 5.56 Å². The Morgan fingerprint density at radius 3 is 2.71 bits per heavy atom. The van der Waals surface area contributed by atoms with E-state index >= 15 is 0 Å². The average Bonchev–Trinajstić information content (AvgIpc) is 2.77. The lowest BCUT2D eigenvalue weighted by Crippen LogP contribution is -2.08. The van der Waals surface area contributed by atoms with Crippen molar-refractivity contribution in [1.82, 2.24) is 0 Å². The summed E-state index contributed by atoms with van der Waals surface area (Å²) >= 11 is 0. The van der Waals surface area contributed by atoms with Crippen LogP contribution in [0.25, 0.3) is 0 Å². The van der Waals surface area contributed by atoms with Gasteiger partial charge in [0.1, 0.15) is 5.82 Å². The van der Waals surface area contributed by atoms with Gasteiger partial charge in [-0.2, -0.15) is 0 Å². The van der Waals surface area contributed by atoms with Crippen LogP contribution in [0.15, 0.2) is 42.5 Å². The van der Waals surface area contributed by atoms with Crippen molar-refractivity contribution in [1.29, 1.82) is 0 Å². The highest BCUT2D eigenvalue weighted by molar-refractivity contribution is 6.02. The average molecular weight is 285 g/mol. The van der Waals surface area contributed by atoms with E-state index in [1.165, 1.54) is 6.07 Å². The van der Waals surface area contributed by atoms with E-state index in [1.54, 1.807) is 13.0 Å². The highest BCUT2D eigenvalue weighted by atomic mass is 19.1. The smallest absolute Gasteiger partial charge is 0.231 e. The molecule has 4 heteroatoms. The number of anilines is 1. The van der Waals surface area contributed by atoms with Crippen LogP contribution in [0.3, 0.4) is 0 Å². The molecule has 2 aromatic rings. The van der Waals surface area contributed by atoms with Gasteiger partial charge in [0, 0.05) is 6.42 Å². The molecule has 2 unspecified atom stereocenters. The standard InChI is InChI=1S/C17H16FNO2/c1-10-13-8-12(9-14(18)16(13)19-17(10)21)15(20)7-11-5-3-2-4-6-11/h2-6,8-10,15,20H,7H2,1H3,(H,19,21). The molecule has 1 aliphatic rings. The van der Waals surface area contributed by atoms with E-state index in [2.05, 4.69) is 5.32 Å². The fraction of sp³-hybridized carbons (Fsp3) is 0.235. The van der Waals surface area contributed by atoms with Crippen LogP contribution in [0.5, 0.6) is 0 Å². The highest BCUT2D eigenvalue weighted by Gasteiger charge is 2.30. The van der Waals surface area contributed by atoms with E-state index in [-0.39, 0.29) is 11.6 Å². The Balaban J connectivity index is 1.90. The Morgan fingerprint density at radius 2 is 2.00 bits per heavy atom. The molecule has 3 rings (SSSR count). The van der Waals surface area contributed by atoms with Gasteiger partial charge in [0.05, 0.1) is 17.7 Å². The summed E-state index contributed by atoms with van der Waals surface area (Å²) in [7, 11) is 0. The van der Waals surface area contributed by atoms with Gasteiger partial charge >= 0.3 is 0 Å². The Hall–Kier alpha value is -2.20. The number of aliphatic hydroxyl groups excluding tert-OH is 1. The maximum atomic E-state index is 14.1.